The van der Waals surface area contributed by atoms with Crippen molar-refractivity contribution in [3.63, 3.8) is 0 Å². The summed E-state index contributed by atoms with van der Waals surface area (Å²) in [4.78, 5) is 9.18. The van der Waals surface area contributed by atoms with Crippen LogP contribution in [0.4, 0.5) is 10.3 Å². The number of hydrogen-bond acceptors (Lipinski definition) is 9. The molecule has 4 aromatic rings. The van der Waals surface area contributed by atoms with Crippen LogP contribution in [-0.2, 0) is 16.4 Å². The summed E-state index contributed by atoms with van der Waals surface area (Å²) >= 11 is 0. The number of fused-ring (bicyclic) bond motifs is 3. The quantitative estimate of drug-likeness (QED) is 0.411. The molecule has 0 radical (unpaired) electrons. The Morgan fingerprint density at radius 2 is 2.03 bits per heavy atom. The molecule has 1 aliphatic heterocycles. The van der Waals surface area contributed by atoms with Crippen LogP contribution in [0.3, 0.4) is 0 Å². The second kappa shape index (κ2) is 8.93. The Morgan fingerprint density at radius 1 is 1.20 bits per heavy atom. The third-order valence-corrected chi connectivity index (χ3v) is 8.18. The van der Waals surface area contributed by atoms with Gasteiger partial charge in [-0.05, 0) is 36.2 Å². The second-order valence-corrected chi connectivity index (χ2v) is 10.7. The number of halogens is 1. The predicted octanol–water partition coefficient (Wildman–Crippen LogP) is 2.41. The van der Waals surface area contributed by atoms with Gasteiger partial charge in [0.15, 0.2) is 32.9 Å². The Morgan fingerprint density at radius 3 is 2.74 bits per heavy atom. The minimum atomic E-state index is -3.42. The van der Waals surface area contributed by atoms with Gasteiger partial charge in [-0.1, -0.05) is 6.07 Å². The van der Waals surface area contributed by atoms with Crippen molar-refractivity contribution in [3.05, 3.63) is 53.1 Å². The smallest absolute Gasteiger partial charge is 0.226 e. The molecule has 5 rings (SSSR count). The summed E-state index contributed by atoms with van der Waals surface area (Å²) < 4.78 is 51.8. The minimum Gasteiger partial charge on any atom is -0.497 e. The number of aryl methyl sites for hydroxylation is 1. The molecular formula is C23H25FN6O4S. The van der Waals surface area contributed by atoms with Crippen molar-refractivity contribution in [1.29, 1.82) is 0 Å². The van der Waals surface area contributed by atoms with Gasteiger partial charge in [0, 0.05) is 31.1 Å². The van der Waals surface area contributed by atoms with Gasteiger partial charge in [-0.15, -0.1) is 5.10 Å². The Hall–Kier alpha value is -3.51. The zero-order chi connectivity index (χ0) is 24.7. The van der Waals surface area contributed by atoms with Gasteiger partial charge >= 0.3 is 0 Å². The van der Waals surface area contributed by atoms with E-state index in [0.29, 0.717) is 35.6 Å². The largest absolute Gasteiger partial charge is 0.497 e. The van der Waals surface area contributed by atoms with E-state index >= 15 is 0 Å². The van der Waals surface area contributed by atoms with Crippen molar-refractivity contribution in [2.45, 2.75) is 18.7 Å². The maximum atomic E-state index is 14.6. The number of nitrogens with zero attached hydrogens (tertiary/aromatic N) is 4. The third-order valence-electron chi connectivity index (χ3n) is 6.16. The topological polar surface area (TPSA) is 120 Å². The summed E-state index contributed by atoms with van der Waals surface area (Å²) in [6.45, 7) is 2.99. The maximum absolute atomic E-state index is 14.6. The Labute approximate surface area is 201 Å². The highest BCUT2D eigenvalue weighted by Gasteiger charge is 2.34. The van der Waals surface area contributed by atoms with Gasteiger partial charge in [0.2, 0.25) is 5.95 Å². The van der Waals surface area contributed by atoms with Crippen molar-refractivity contribution < 1.29 is 22.3 Å². The first kappa shape index (κ1) is 23.2. The third kappa shape index (κ3) is 4.23. The van der Waals surface area contributed by atoms with Crippen molar-refractivity contribution in [2.75, 3.05) is 38.4 Å². The first-order valence-corrected chi connectivity index (χ1v) is 12.8. The highest BCUT2D eigenvalue weighted by atomic mass is 32.2. The van der Waals surface area contributed by atoms with Gasteiger partial charge in [0.25, 0.3) is 0 Å². The lowest BCUT2D eigenvalue weighted by atomic mass is 10.1. The number of benzene rings is 2. The van der Waals surface area contributed by atoms with Crippen LogP contribution in [0.1, 0.15) is 22.2 Å². The fraction of sp³-hybridized carbons (Fsp3) is 0.348. The van der Waals surface area contributed by atoms with Crippen LogP contribution in [0, 0.1) is 12.7 Å². The predicted molar refractivity (Wildman–Crippen MR) is 129 cm³/mol. The fourth-order valence-electron chi connectivity index (χ4n) is 4.17. The van der Waals surface area contributed by atoms with Crippen LogP contribution in [0.25, 0.3) is 16.6 Å². The average molecular weight is 501 g/mol. The number of methoxy groups -OCH3 is 2. The molecule has 0 saturated carbocycles. The maximum Gasteiger partial charge on any atom is 0.226 e. The SMILES string of the molecule is COc1ccc(CNc2nc3cc(OC)c(F)cc3c3nc(C4CNCCS4(=O)=O)nn23)c(C)c1. The summed E-state index contributed by atoms with van der Waals surface area (Å²) in [6, 6.07) is 8.52. The van der Waals surface area contributed by atoms with Crippen molar-refractivity contribution in [3.8, 4) is 11.5 Å². The summed E-state index contributed by atoms with van der Waals surface area (Å²) in [7, 11) is -0.430. The van der Waals surface area contributed by atoms with Crippen molar-refractivity contribution in [1.82, 2.24) is 24.9 Å². The van der Waals surface area contributed by atoms with E-state index in [4.69, 9.17) is 9.47 Å². The van der Waals surface area contributed by atoms with E-state index in [1.165, 1.54) is 23.8 Å². The lowest BCUT2D eigenvalue weighted by molar-refractivity contribution is 0.387. The van der Waals surface area contributed by atoms with Gasteiger partial charge in [-0.25, -0.2) is 22.8 Å². The molecule has 35 heavy (non-hydrogen) atoms. The molecule has 2 N–H and O–H groups in total. The molecule has 1 aliphatic rings. The van der Waals surface area contributed by atoms with Gasteiger partial charge in [0.05, 0.1) is 25.5 Å². The Kier molecular flexibility index (Phi) is 5.93. The van der Waals surface area contributed by atoms with E-state index in [2.05, 4.69) is 25.7 Å². The van der Waals surface area contributed by atoms with E-state index in [1.54, 1.807) is 7.11 Å². The standard InChI is InChI=1S/C23H25FN6O4S/c1-13-8-15(33-2)5-4-14(13)11-26-23-27-18-10-19(34-3)17(24)9-16(18)22-28-21(29-30(22)23)20-12-25-6-7-35(20,31)32/h4-5,8-10,20,25H,6-7,11-12H2,1-3H3,(H,26,27). The zero-order valence-electron chi connectivity index (χ0n) is 19.5. The number of sulfone groups is 1. The molecule has 12 heteroatoms. The van der Waals surface area contributed by atoms with Crippen LogP contribution in [0.15, 0.2) is 30.3 Å². The fourth-order valence-corrected chi connectivity index (χ4v) is 5.68. The lowest BCUT2D eigenvalue weighted by Crippen LogP contribution is -2.39. The molecule has 10 nitrogen and oxygen atoms in total. The number of nitrogens with one attached hydrogen (secondary N) is 2. The van der Waals surface area contributed by atoms with Gasteiger partial charge in [0.1, 0.15) is 11.0 Å². The zero-order valence-corrected chi connectivity index (χ0v) is 20.3. The van der Waals surface area contributed by atoms with E-state index in [0.717, 1.165) is 16.9 Å². The Balaban J connectivity index is 1.63. The second-order valence-electron chi connectivity index (χ2n) is 8.35. The van der Waals surface area contributed by atoms with E-state index in [-0.39, 0.29) is 23.9 Å². The number of anilines is 1. The molecule has 1 atom stereocenters. The van der Waals surface area contributed by atoms with E-state index in [9.17, 15) is 12.8 Å². The lowest BCUT2D eigenvalue weighted by Gasteiger charge is -2.20. The molecule has 184 valence electrons. The summed E-state index contributed by atoms with van der Waals surface area (Å²) in [5, 5.41) is 10.4. The van der Waals surface area contributed by atoms with Gasteiger partial charge < -0.3 is 20.1 Å². The average Bonchev–Trinajstić information content (AvgIpc) is 3.28. The van der Waals surface area contributed by atoms with Crippen LogP contribution in [0.2, 0.25) is 0 Å². The highest BCUT2D eigenvalue weighted by molar-refractivity contribution is 7.91. The van der Waals surface area contributed by atoms with Crippen LogP contribution < -0.4 is 20.1 Å². The summed E-state index contributed by atoms with van der Waals surface area (Å²) in [5.41, 5.74) is 2.78. The van der Waals surface area contributed by atoms with Crippen LogP contribution in [0.5, 0.6) is 11.5 Å². The number of hydrogen-bond donors (Lipinski definition) is 2. The molecule has 1 saturated heterocycles. The highest BCUT2D eigenvalue weighted by Crippen LogP contribution is 2.30. The number of aromatic nitrogens is 4. The molecule has 0 spiro atoms. The van der Waals surface area contributed by atoms with Gasteiger partial charge in [-0.3, -0.25) is 0 Å². The molecule has 3 heterocycles. The van der Waals surface area contributed by atoms with Crippen molar-refractivity contribution >= 4 is 32.3 Å². The molecule has 1 unspecified atom stereocenters. The molecule has 1 fully saturated rings. The molecule has 0 amide bonds. The van der Waals surface area contributed by atoms with Crippen LogP contribution >= 0.6 is 0 Å². The first-order chi connectivity index (χ1) is 16.8. The molecule has 0 aliphatic carbocycles. The Bertz CT molecular complexity index is 1540. The van der Waals surface area contributed by atoms with E-state index in [1.807, 2.05) is 25.1 Å². The van der Waals surface area contributed by atoms with Crippen LogP contribution in [-0.4, -0.2) is 61.1 Å². The summed E-state index contributed by atoms with van der Waals surface area (Å²) in [5.74, 6) is 0.720. The summed E-state index contributed by atoms with van der Waals surface area (Å²) in [6.07, 6.45) is 0. The molecule has 2 aromatic heterocycles. The van der Waals surface area contributed by atoms with Gasteiger partial charge in [-0.2, -0.15) is 4.52 Å². The monoisotopic (exact) mass is 500 g/mol. The molecule has 0 bridgehead atoms. The normalized spacial score (nSPS) is 17.5. The first-order valence-electron chi connectivity index (χ1n) is 11.0. The number of ether oxygens (including phenoxy) is 2. The van der Waals surface area contributed by atoms with E-state index < -0.39 is 20.9 Å². The number of rotatable bonds is 6. The molecular weight excluding hydrogens is 475 g/mol. The minimum absolute atomic E-state index is 0.000102. The molecule has 2 aromatic carbocycles. The van der Waals surface area contributed by atoms with Crippen molar-refractivity contribution in [2.24, 2.45) is 0 Å².